The molecule has 4 rings (SSSR count). The van der Waals surface area contributed by atoms with Gasteiger partial charge in [0.1, 0.15) is 12.1 Å². The first kappa shape index (κ1) is 20.5. The van der Waals surface area contributed by atoms with Crippen molar-refractivity contribution >= 4 is 11.7 Å². The second-order valence-electron chi connectivity index (χ2n) is 8.95. The third-order valence-electron chi connectivity index (χ3n) is 6.70. The van der Waals surface area contributed by atoms with Crippen molar-refractivity contribution in [1.82, 2.24) is 19.8 Å². The average molecular weight is 402 g/mol. The summed E-state index contributed by atoms with van der Waals surface area (Å²) in [7, 11) is 0. The molecule has 160 valence electrons. The molecule has 0 spiro atoms. The van der Waals surface area contributed by atoms with Crippen LogP contribution in [0.25, 0.3) is 0 Å². The van der Waals surface area contributed by atoms with Gasteiger partial charge >= 0.3 is 0 Å². The molecule has 1 aromatic rings. The summed E-state index contributed by atoms with van der Waals surface area (Å²) in [6, 6.07) is 2.72. The zero-order valence-electron chi connectivity index (χ0n) is 17.9. The van der Waals surface area contributed by atoms with Crippen molar-refractivity contribution in [1.29, 1.82) is 0 Å². The van der Waals surface area contributed by atoms with Crippen molar-refractivity contribution in [2.75, 3.05) is 57.4 Å². The van der Waals surface area contributed by atoms with Gasteiger partial charge < -0.3 is 14.5 Å². The number of amides is 1. The summed E-state index contributed by atoms with van der Waals surface area (Å²) in [4.78, 5) is 28.8. The largest absolute Gasteiger partial charge is 0.378 e. The number of morpholine rings is 1. The Morgan fingerprint density at radius 1 is 1.07 bits per heavy atom. The zero-order chi connectivity index (χ0) is 20.2. The molecule has 7 nitrogen and oxygen atoms in total. The summed E-state index contributed by atoms with van der Waals surface area (Å²) in [6.45, 7) is 11.3. The Hall–Kier alpha value is -1.73. The van der Waals surface area contributed by atoms with Gasteiger partial charge in [-0.3, -0.25) is 9.69 Å². The van der Waals surface area contributed by atoms with Crippen LogP contribution in [0, 0.1) is 5.92 Å². The van der Waals surface area contributed by atoms with Gasteiger partial charge in [0.15, 0.2) is 0 Å². The van der Waals surface area contributed by atoms with Crippen LogP contribution in [0.15, 0.2) is 12.4 Å². The SMILES string of the molecule is CC(C)c1cc(N2CCC(N3CCC[C@H](C(=O)N4CCOCC4)C3)CC2)ncn1. The molecule has 7 heteroatoms. The minimum atomic E-state index is 0.162. The topological polar surface area (TPSA) is 61.8 Å². The van der Waals surface area contributed by atoms with Crippen LogP contribution in [-0.2, 0) is 9.53 Å². The van der Waals surface area contributed by atoms with E-state index >= 15 is 0 Å². The molecule has 1 atom stereocenters. The predicted molar refractivity (Wildman–Crippen MR) is 113 cm³/mol. The lowest BCUT2D eigenvalue weighted by Crippen LogP contribution is -2.52. The van der Waals surface area contributed by atoms with Crippen LogP contribution in [-0.4, -0.2) is 84.2 Å². The maximum absolute atomic E-state index is 12.9. The molecule has 0 unspecified atom stereocenters. The van der Waals surface area contributed by atoms with E-state index in [0.717, 1.165) is 76.5 Å². The molecule has 3 fully saturated rings. The molecule has 0 saturated carbocycles. The van der Waals surface area contributed by atoms with Gasteiger partial charge in [-0.2, -0.15) is 0 Å². The number of carbonyl (C=O) groups excluding carboxylic acids is 1. The van der Waals surface area contributed by atoms with E-state index in [0.29, 0.717) is 31.1 Å². The average Bonchev–Trinajstić information content (AvgIpc) is 2.79. The van der Waals surface area contributed by atoms with E-state index in [9.17, 15) is 4.79 Å². The van der Waals surface area contributed by atoms with E-state index in [1.807, 2.05) is 4.90 Å². The Balaban J connectivity index is 1.31. The van der Waals surface area contributed by atoms with Crippen LogP contribution in [0.5, 0.6) is 0 Å². The monoisotopic (exact) mass is 401 g/mol. The molecule has 3 saturated heterocycles. The van der Waals surface area contributed by atoms with Gasteiger partial charge in [-0.1, -0.05) is 13.8 Å². The fourth-order valence-electron chi connectivity index (χ4n) is 4.89. The number of aromatic nitrogens is 2. The summed E-state index contributed by atoms with van der Waals surface area (Å²) < 4.78 is 5.40. The summed E-state index contributed by atoms with van der Waals surface area (Å²) in [5.41, 5.74) is 1.11. The molecule has 1 aromatic heterocycles. The summed E-state index contributed by atoms with van der Waals surface area (Å²) in [6.07, 6.45) is 6.14. The highest BCUT2D eigenvalue weighted by atomic mass is 16.5. The predicted octanol–water partition coefficient (Wildman–Crippen LogP) is 2.14. The highest BCUT2D eigenvalue weighted by molar-refractivity contribution is 5.79. The van der Waals surface area contributed by atoms with Crippen molar-refractivity contribution in [3.63, 3.8) is 0 Å². The highest BCUT2D eigenvalue weighted by Crippen LogP contribution is 2.27. The fourth-order valence-corrected chi connectivity index (χ4v) is 4.89. The molecule has 0 bridgehead atoms. The number of rotatable bonds is 4. The van der Waals surface area contributed by atoms with Gasteiger partial charge in [-0.25, -0.2) is 9.97 Å². The molecule has 1 amide bonds. The summed E-state index contributed by atoms with van der Waals surface area (Å²) in [5.74, 6) is 1.98. The Morgan fingerprint density at radius 2 is 1.83 bits per heavy atom. The van der Waals surface area contributed by atoms with Gasteiger partial charge in [0, 0.05) is 50.5 Å². The number of piperidine rings is 2. The van der Waals surface area contributed by atoms with E-state index in [1.165, 1.54) is 0 Å². The maximum Gasteiger partial charge on any atom is 0.227 e. The van der Waals surface area contributed by atoms with Crippen molar-refractivity contribution in [3.05, 3.63) is 18.1 Å². The molecule has 29 heavy (non-hydrogen) atoms. The van der Waals surface area contributed by atoms with Crippen LogP contribution < -0.4 is 4.90 Å². The van der Waals surface area contributed by atoms with Crippen LogP contribution in [0.3, 0.4) is 0 Å². The quantitative estimate of drug-likeness (QED) is 0.770. The second kappa shape index (κ2) is 9.39. The second-order valence-corrected chi connectivity index (χ2v) is 8.95. The Bertz CT molecular complexity index is 684. The number of nitrogens with zero attached hydrogens (tertiary/aromatic N) is 5. The molecular weight excluding hydrogens is 366 g/mol. The molecule has 0 N–H and O–H groups in total. The van der Waals surface area contributed by atoms with Crippen LogP contribution in [0.4, 0.5) is 5.82 Å². The molecule has 4 heterocycles. The lowest BCUT2D eigenvalue weighted by atomic mass is 9.92. The first-order valence-electron chi connectivity index (χ1n) is 11.3. The normalized spacial score (nSPS) is 24.9. The van der Waals surface area contributed by atoms with Gasteiger partial charge in [-0.05, 0) is 38.1 Å². The maximum atomic E-state index is 12.9. The Kier molecular flexibility index (Phi) is 6.65. The number of carbonyl (C=O) groups is 1. The van der Waals surface area contributed by atoms with E-state index in [2.05, 4.69) is 39.7 Å². The minimum absolute atomic E-state index is 0.162. The third-order valence-corrected chi connectivity index (χ3v) is 6.70. The molecular formula is C22H35N5O2. The number of likely N-dealkylation sites (tertiary alicyclic amines) is 1. The third kappa shape index (κ3) is 4.89. The summed E-state index contributed by atoms with van der Waals surface area (Å²) >= 11 is 0. The van der Waals surface area contributed by atoms with Crippen LogP contribution in [0.1, 0.15) is 51.1 Å². The van der Waals surface area contributed by atoms with E-state index in [1.54, 1.807) is 6.33 Å². The molecule has 0 radical (unpaired) electrons. The van der Waals surface area contributed by atoms with Crippen molar-refractivity contribution in [2.24, 2.45) is 5.92 Å². The number of ether oxygens (including phenoxy) is 1. The van der Waals surface area contributed by atoms with Crippen LogP contribution >= 0.6 is 0 Å². The molecule has 0 aromatic carbocycles. The van der Waals surface area contributed by atoms with Gasteiger partial charge in [0.25, 0.3) is 0 Å². The number of hydrogen-bond acceptors (Lipinski definition) is 6. The number of hydrogen-bond donors (Lipinski definition) is 0. The van der Waals surface area contributed by atoms with E-state index < -0.39 is 0 Å². The van der Waals surface area contributed by atoms with E-state index in [-0.39, 0.29) is 5.92 Å². The van der Waals surface area contributed by atoms with E-state index in [4.69, 9.17) is 4.74 Å². The van der Waals surface area contributed by atoms with Gasteiger partial charge in [0.05, 0.1) is 19.1 Å². The van der Waals surface area contributed by atoms with Gasteiger partial charge in [-0.15, -0.1) is 0 Å². The van der Waals surface area contributed by atoms with Crippen LogP contribution in [0.2, 0.25) is 0 Å². The van der Waals surface area contributed by atoms with Gasteiger partial charge in [0.2, 0.25) is 5.91 Å². The molecule has 3 aliphatic heterocycles. The first-order chi connectivity index (χ1) is 14.1. The van der Waals surface area contributed by atoms with Crippen molar-refractivity contribution in [3.8, 4) is 0 Å². The standard InChI is InChI=1S/C22H35N5O2/c1-17(2)20-14-21(24-16-23-20)25-8-5-19(6-9-25)27-7-3-4-18(15-27)22(28)26-10-12-29-13-11-26/h14,16-19H,3-13,15H2,1-2H3/t18-/m0/s1. The Morgan fingerprint density at radius 3 is 2.55 bits per heavy atom. The highest BCUT2D eigenvalue weighted by Gasteiger charge is 2.34. The zero-order valence-corrected chi connectivity index (χ0v) is 17.9. The lowest BCUT2D eigenvalue weighted by molar-refractivity contribution is -0.141. The smallest absolute Gasteiger partial charge is 0.227 e. The lowest BCUT2D eigenvalue weighted by Gasteiger charge is -2.43. The molecule has 3 aliphatic rings. The Labute approximate surface area is 174 Å². The summed E-state index contributed by atoms with van der Waals surface area (Å²) in [5, 5.41) is 0. The fraction of sp³-hybridized carbons (Fsp3) is 0.773. The van der Waals surface area contributed by atoms with Crippen molar-refractivity contribution in [2.45, 2.75) is 51.5 Å². The molecule has 0 aliphatic carbocycles. The first-order valence-corrected chi connectivity index (χ1v) is 11.3. The minimum Gasteiger partial charge on any atom is -0.378 e. The van der Waals surface area contributed by atoms with Crippen molar-refractivity contribution < 1.29 is 9.53 Å². The number of anilines is 1.